The van der Waals surface area contributed by atoms with Gasteiger partial charge in [0.25, 0.3) is 34.1 Å². The number of esters is 2. The number of hydrogen-bond donors (Lipinski definition) is 7. The maximum atomic E-state index is 13.0. The first-order chi connectivity index (χ1) is 27.6. The van der Waals surface area contributed by atoms with E-state index in [0.717, 1.165) is 22.7 Å². The van der Waals surface area contributed by atoms with Crippen molar-refractivity contribution >= 4 is 128 Å². The number of aliphatic imine (C=N–C) groups is 2. The second-order valence-electron chi connectivity index (χ2n) is 10.9. The summed E-state index contributed by atoms with van der Waals surface area (Å²) in [6.07, 6.45) is -8.65. The van der Waals surface area contributed by atoms with E-state index in [1.807, 2.05) is 0 Å². The third-order valence-electron chi connectivity index (χ3n) is 6.65. The molecule has 0 aromatic carbocycles. The molecule has 4 heterocycles. The van der Waals surface area contributed by atoms with Gasteiger partial charge in [0.05, 0.1) is 17.5 Å². The Morgan fingerprint density at radius 1 is 0.797 bits per heavy atom. The molecule has 322 valence electrons. The first kappa shape index (κ1) is 46.8. The number of thiazole rings is 2. The number of hydrogen-bond acceptors (Lipinski definition) is 17. The van der Waals surface area contributed by atoms with Gasteiger partial charge in [0.15, 0.2) is 22.2 Å². The molecule has 0 radical (unpaired) electrons. The highest BCUT2D eigenvalue weighted by atomic mass is 32.2. The highest BCUT2D eigenvalue weighted by Gasteiger charge is 2.35. The lowest BCUT2D eigenvalue weighted by molar-refractivity contribution is -0.133. The van der Waals surface area contributed by atoms with Crippen LogP contribution in [0.3, 0.4) is 0 Å². The molecule has 0 saturated carbocycles. The van der Waals surface area contributed by atoms with E-state index in [1.54, 1.807) is 13.8 Å². The average Bonchev–Trinajstić information content (AvgIpc) is 3.95. The van der Waals surface area contributed by atoms with E-state index in [2.05, 4.69) is 73.4 Å². The van der Waals surface area contributed by atoms with Gasteiger partial charge in [-0.3, -0.25) is 0 Å². The van der Waals surface area contributed by atoms with Gasteiger partial charge in [-0.25, -0.2) is 38.0 Å². The third-order valence-corrected chi connectivity index (χ3v) is 10.6. The van der Waals surface area contributed by atoms with Crippen LogP contribution in [0.4, 0.5) is 36.6 Å². The lowest BCUT2D eigenvalue weighted by atomic mass is 10.3. The Morgan fingerprint density at radius 2 is 1.20 bits per heavy atom. The number of nitrogens with zero attached hydrogens (tertiary/aromatic N) is 10. The summed E-state index contributed by atoms with van der Waals surface area (Å²) in [6.45, 7) is 0.391. The van der Waals surface area contributed by atoms with Gasteiger partial charge < -0.3 is 47.1 Å². The van der Waals surface area contributed by atoms with Crippen LogP contribution in [0.2, 0.25) is 0 Å². The summed E-state index contributed by atoms with van der Waals surface area (Å²) in [5.41, 5.74) is 16.4. The van der Waals surface area contributed by atoms with Gasteiger partial charge >= 0.3 is 24.3 Å². The molecule has 8 N–H and O–H groups in total. The number of guanidine groups is 2. The average molecular weight is 954 g/mol. The lowest BCUT2D eigenvalue weighted by Gasteiger charge is -2.27. The van der Waals surface area contributed by atoms with Crippen molar-refractivity contribution in [3.63, 3.8) is 0 Å². The van der Waals surface area contributed by atoms with Crippen LogP contribution in [-0.4, -0.2) is 114 Å². The fourth-order valence-electron chi connectivity index (χ4n) is 4.20. The van der Waals surface area contributed by atoms with Crippen LogP contribution in [0.5, 0.6) is 0 Å². The molecular formula is C26H29F6N15O6S6. The summed E-state index contributed by atoms with van der Waals surface area (Å²) >= 11 is 6.38. The molecule has 0 saturated heterocycles. The Bertz CT molecular complexity index is 2190. The zero-order chi connectivity index (χ0) is 43.8. The van der Waals surface area contributed by atoms with Crippen LogP contribution < -0.4 is 27.8 Å². The summed E-state index contributed by atoms with van der Waals surface area (Å²) in [5.74, 6) is -5.39. The van der Waals surface area contributed by atoms with Gasteiger partial charge in [0.1, 0.15) is 29.5 Å². The van der Waals surface area contributed by atoms with Crippen LogP contribution in [0.1, 0.15) is 36.0 Å². The largest absolute Gasteiger partial charge is 0.408 e. The number of likely N-dealkylation sites (N-methyl/N-ethyl adjacent to an activating group) is 2. The smallest absolute Gasteiger partial charge is 0.399 e. The van der Waals surface area contributed by atoms with Crippen molar-refractivity contribution in [2.75, 3.05) is 36.8 Å². The molecule has 0 amide bonds. The summed E-state index contributed by atoms with van der Waals surface area (Å²) < 4.78 is 125. The highest BCUT2D eigenvalue weighted by molar-refractivity contribution is 7.83. The molecular weight excluding hydrogens is 925 g/mol. The number of alkyl halides is 6. The molecule has 2 aromatic heterocycles. The van der Waals surface area contributed by atoms with Crippen molar-refractivity contribution in [2.45, 2.75) is 36.9 Å². The fraction of sp³-hybridized carbons (Fsp3) is 0.385. The Kier molecular flexibility index (Phi) is 15.8. The van der Waals surface area contributed by atoms with Gasteiger partial charge in [-0.15, -0.1) is 65.5 Å². The molecule has 4 atom stereocenters. The van der Waals surface area contributed by atoms with Gasteiger partial charge in [-0.1, -0.05) is 0 Å². The minimum absolute atomic E-state index is 0.0631. The van der Waals surface area contributed by atoms with E-state index >= 15 is 0 Å². The van der Waals surface area contributed by atoms with E-state index in [4.69, 9.17) is 26.7 Å². The van der Waals surface area contributed by atoms with Crippen molar-refractivity contribution in [2.24, 2.45) is 44.8 Å². The third kappa shape index (κ3) is 13.6. The Balaban J connectivity index is 1.40. The van der Waals surface area contributed by atoms with Crippen molar-refractivity contribution < 1.29 is 53.8 Å². The van der Waals surface area contributed by atoms with E-state index < -0.39 is 99.9 Å². The van der Waals surface area contributed by atoms with Crippen LogP contribution in [0.15, 0.2) is 50.1 Å². The molecule has 2 aliphatic rings. The Labute approximate surface area is 352 Å². The van der Waals surface area contributed by atoms with Crippen molar-refractivity contribution in [1.82, 2.24) is 19.8 Å². The van der Waals surface area contributed by atoms with Crippen LogP contribution in [-0.2, 0) is 41.4 Å². The number of carbonyl (C=O) groups is 2. The summed E-state index contributed by atoms with van der Waals surface area (Å²) in [4.78, 5) is 43.4. The van der Waals surface area contributed by atoms with E-state index in [9.17, 15) is 44.3 Å². The zero-order valence-electron chi connectivity index (χ0n) is 29.7. The second kappa shape index (κ2) is 19.9. The molecule has 0 fully saturated rings. The number of halogens is 6. The molecule has 0 bridgehead atoms. The summed E-state index contributed by atoms with van der Waals surface area (Å²) in [5, 5.41) is 5.99. The predicted octanol–water partition coefficient (Wildman–Crippen LogP) is 2.09. The molecule has 59 heavy (non-hydrogen) atoms. The zero-order valence-corrected chi connectivity index (χ0v) is 34.7. The molecule has 2 aromatic rings. The number of nitrogens with one attached hydrogen (secondary N) is 2. The predicted molar refractivity (Wildman–Crippen MR) is 215 cm³/mol. The topological polar surface area (TPSA) is 295 Å². The van der Waals surface area contributed by atoms with Crippen molar-refractivity contribution in [3.05, 3.63) is 33.9 Å². The van der Waals surface area contributed by atoms with Gasteiger partial charge in [-0.2, -0.15) is 26.3 Å². The Hall–Kier alpha value is -4.86. The number of amidine groups is 2. The monoisotopic (exact) mass is 953 g/mol. The number of nitrogens with two attached hydrogens (primary N) is 3. The second-order valence-corrected chi connectivity index (χ2v) is 15.2. The minimum Gasteiger partial charge on any atom is -0.399 e. The SMILES string of the molecule is CCN(C1=NS(=O)N=C1OC(=O)/C=C(/N)C(=O)OC1=NS(=O)N=C1N(CC)C(S)c1csc(NC(N)=NCC(F)(F)F)n1)C(S)c1csc(NC(N)=NCC(F)(F)F)n1. The fourth-order valence-corrected chi connectivity index (χ4v) is 7.94. The van der Waals surface area contributed by atoms with Crippen LogP contribution >= 0.6 is 47.9 Å². The molecule has 0 aliphatic carbocycles. The maximum absolute atomic E-state index is 13.0. The Morgan fingerprint density at radius 3 is 1.59 bits per heavy atom. The molecule has 4 rings (SSSR count). The van der Waals surface area contributed by atoms with Gasteiger partial charge in [0.2, 0.25) is 11.7 Å². The first-order valence-corrected chi connectivity index (χ1v) is 20.7. The van der Waals surface area contributed by atoms with Crippen molar-refractivity contribution in [1.29, 1.82) is 0 Å². The number of rotatable bonds is 12. The van der Waals surface area contributed by atoms with Crippen molar-refractivity contribution in [3.8, 4) is 0 Å². The van der Waals surface area contributed by atoms with Crippen LogP contribution in [0.25, 0.3) is 0 Å². The number of aromatic nitrogens is 2. The highest BCUT2D eigenvalue weighted by Crippen LogP contribution is 2.31. The number of thiol groups is 2. The lowest BCUT2D eigenvalue weighted by Crippen LogP contribution is -2.39. The van der Waals surface area contributed by atoms with E-state index in [0.29, 0.717) is 6.08 Å². The van der Waals surface area contributed by atoms with Crippen LogP contribution in [0, 0.1) is 0 Å². The molecule has 4 unspecified atom stereocenters. The summed E-state index contributed by atoms with van der Waals surface area (Å²) in [7, 11) is 0. The first-order valence-electron chi connectivity index (χ1n) is 15.8. The van der Waals surface area contributed by atoms with E-state index in [-0.39, 0.29) is 46.4 Å². The van der Waals surface area contributed by atoms with Gasteiger partial charge in [-0.05, 0) is 13.8 Å². The molecule has 2 aliphatic heterocycles. The van der Waals surface area contributed by atoms with E-state index in [1.165, 1.54) is 20.6 Å². The maximum Gasteiger partial charge on any atom is 0.408 e. The normalized spacial score (nSPS) is 18.6. The number of anilines is 2. The quantitative estimate of drug-likeness (QED) is 0.0305. The summed E-state index contributed by atoms with van der Waals surface area (Å²) in [6, 6.07) is 0. The minimum atomic E-state index is -4.58. The van der Waals surface area contributed by atoms with Gasteiger partial charge in [0, 0.05) is 23.8 Å². The number of carbonyl (C=O) groups excluding carboxylic acids is 2. The molecule has 21 nitrogen and oxygen atoms in total. The standard InChI is InChI=1S/C26H29F6N15O6S6/c1-3-46(18(54)11-6-56-23(38-11)40-21(34)36-8-25(27,28)29)14-16(44-58(50)42-14)52-13(48)5-10(33)20(49)53-17-15(43-59(51)45-17)47(4-2)19(55)12-7-57-24(39-12)41-22(35)37-9-26(30,31)32/h5-7,18-19,54-55H,3-4,8-9,33H2,1-2H3,(H3,34,36,38,40)(H3,35,37,39,41)/b10-5+. The molecule has 0 spiro atoms. The number of ether oxygens (including phenoxy) is 2. The molecule has 33 heteroatoms.